The van der Waals surface area contributed by atoms with E-state index in [9.17, 15) is 9.59 Å². The highest BCUT2D eigenvalue weighted by Gasteiger charge is 2.30. The lowest BCUT2D eigenvalue weighted by Gasteiger charge is -2.23. The van der Waals surface area contributed by atoms with E-state index in [2.05, 4.69) is 4.74 Å². The number of methoxy groups -OCH3 is 1. The number of rotatable bonds is 2. The third kappa shape index (κ3) is 1.91. The van der Waals surface area contributed by atoms with E-state index in [0.29, 0.717) is 11.3 Å². The molecule has 4 nitrogen and oxygen atoms in total. The summed E-state index contributed by atoms with van der Waals surface area (Å²) in [6.45, 7) is 0.241. The quantitative estimate of drug-likeness (QED) is 0.708. The first-order valence-corrected chi connectivity index (χ1v) is 5.05. The molecule has 16 heavy (non-hydrogen) atoms. The molecule has 0 unspecified atom stereocenters. The van der Waals surface area contributed by atoms with Gasteiger partial charge in [0.15, 0.2) is 5.78 Å². The molecular formula is C12H12O4. The first kappa shape index (κ1) is 10.7. The lowest BCUT2D eigenvalue weighted by atomic mass is 9.92. The Balaban J connectivity index is 2.18. The van der Waals surface area contributed by atoms with Gasteiger partial charge in [-0.05, 0) is 12.1 Å². The van der Waals surface area contributed by atoms with Crippen LogP contribution in [0.3, 0.4) is 0 Å². The van der Waals surface area contributed by atoms with E-state index in [4.69, 9.17) is 4.74 Å². The number of para-hydroxylation sites is 1. The number of hydrogen-bond donors (Lipinski definition) is 0. The summed E-state index contributed by atoms with van der Waals surface area (Å²) < 4.78 is 9.97. The molecule has 0 aliphatic carbocycles. The second-order valence-electron chi connectivity index (χ2n) is 3.65. The van der Waals surface area contributed by atoms with Crippen LogP contribution in [0.4, 0.5) is 0 Å². The molecule has 0 saturated carbocycles. The molecule has 0 fully saturated rings. The summed E-state index contributed by atoms with van der Waals surface area (Å²) >= 11 is 0. The van der Waals surface area contributed by atoms with E-state index >= 15 is 0 Å². The normalized spacial score (nSPS) is 18.6. The Hall–Kier alpha value is -1.84. The summed E-state index contributed by atoms with van der Waals surface area (Å²) in [6.07, 6.45) is 0.0731. The monoisotopic (exact) mass is 220 g/mol. The molecule has 0 bridgehead atoms. The third-order valence-corrected chi connectivity index (χ3v) is 2.60. The standard InChI is InChI=1S/C12H12O4/c1-15-11(13)6-8-7-16-10-5-3-2-4-9(10)12(8)14/h2-5,8H,6-7H2,1H3/t8-/m0/s1. The molecule has 0 N–H and O–H groups in total. The third-order valence-electron chi connectivity index (χ3n) is 2.60. The van der Waals surface area contributed by atoms with Crippen LogP contribution in [0.2, 0.25) is 0 Å². The fourth-order valence-electron chi connectivity index (χ4n) is 1.72. The van der Waals surface area contributed by atoms with E-state index in [1.807, 2.05) is 6.07 Å². The average Bonchev–Trinajstić information content (AvgIpc) is 2.33. The van der Waals surface area contributed by atoms with Crippen molar-refractivity contribution in [3.8, 4) is 5.75 Å². The highest BCUT2D eigenvalue weighted by atomic mass is 16.5. The lowest BCUT2D eigenvalue weighted by molar-refractivity contribution is -0.141. The zero-order chi connectivity index (χ0) is 11.5. The highest BCUT2D eigenvalue weighted by molar-refractivity contribution is 6.02. The predicted octanol–water partition coefficient (Wildman–Crippen LogP) is 1.44. The van der Waals surface area contributed by atoms with Crippen LogP contribution in [0.1, 0.15) is 16.8 Å². The predicted molar refractivity (Wildman–Crippen MR) is 56.4 cm³/mol. The van der Waals surface area contributed by atoms with Crippen molar-refractivity contribution in [2.24, 2.45) is 5.92 Å². The van der Waals surface area contributed by atoms with Crippen molar-refractivity contribution in [3.63, 3.8) is 0 Å². The number of benzene rings is 1. The van der Waals surface area contributed by atoms with E-state index < -0.39 is 5.92 Å². The Kier molecular flexibility index (Phi) is 2.90. The molecule has 1 aliphatic heterocycles. The van der Waals surface area contributed by atoms with Crippen LogP contribution in [0, 0.1) is 5.92 Å². The van der Waals surface area contributed by atoms with Crippen molar-refractivity contribution in [2.45, 2.75) is 6.42 Å². The van der Waals surface area contributed by atoms with Crippen molar-refractivity contribution in [2.75, 3.05) is 13.7 Å². The van der Waals surface area contributed by atoms with Crippen LogP contribution < -0.4 is 4.74 Å². The molecule has 0 amide bonds. The van der Waals surface area contributed by atoms with Crippen LogP contribution in [-0.4, -0.2) is 25.5 Å². The molecule has 1 aliphatic rings. The van der Waals surface area contributed by atoms with Crippen LogP contribution in [0.15, 0.2) is 24.3 Å². The minimum absolute atomic E-state index is 0.0488. The van der Waals surface area contributed by atoms with E-state index in [-0.39, 0.29) is 24.8 Å². The molecule has 0 saturated heterocycles. The van der Waals surface area contributed by atoms with Crippen LogP contribution in [0.25, 0.3) is 0 Å². The van der Waals surface area contributed by atoms with Gasteiger partial charge in [0.25, 0.3) is 0 Å². The molecular weight excluding hydrogens is 208 g/mol. The van der Waals surface area contributed by atoms with Crippen molar-refractivity contribution < 1.29 is 19.1 Å². The van der Waals surface area contributed by atoms with Crippen molar-refractivity contribution in [3.05, 3.63) is 29.8 Å². The number of ether oxygens (including phenoxy) is 2. The van der Waals surface area contributed by atoms with Gasteiger partial charge in [-0.15, -0.1) is 0 Å². The van der Waals surface area contributed by atoms with Crippen molar-refractivity contribution in [1.29, 1.82) is 0 Å². The molecule has 1 aromatic carbocycles. The van der Waals surface area contributed by atoms with Crippen LogP contribution in [0.5, 0.6) is 5.75 Å². The van der Waals surface area contributed by atoms with Crippen molar-refractivity contribution >= 4 is 11.8 Å². The maximum absolute atomic E-state index is 12.0. The molecule has 0 spiro atoms. The van der Waals surface area contributed by atoms with Gasteiger partial charge in [0.05, 0.1) is 31.6 Å². The summed E-state index contributed by atoms with van der Waals surface area (Å²) in [5.41, 5.74) is 0.544. The second-order valence-corrected chi connectivity index (χ2v) is 3.65. The largest absolute Gasteiger partial charge is 0.492 e. The zero-order valence-electron chi connectivity index (χ0n) is 8.93. The Labute approximate surface area is 93.2 Å². The van der Waals surface area contributed by atoms with Gasteiger partial charge >= 0.3 is 5.97 Å². The fourth-order valence-corrected chi connectivity index (χ4v) is 1.72. The highest BCUT2D eigenvalue weighted by Crippen LogP contribution is 2.28. The Morgan fingerprint density at radius 1 is 1.50 bits per heavy atom. The number of hydrogen-bond acceptors (Lipinski definition) is 4. The average molecular weight is 220 g/mol. The fraction of sp³-hybridized carbons (Fsp3) is 0.333. The van der Waals surface area contributed by atoms with Crippen LogP contribution >= 0.6 is 0 Å². The molecule has 1 heterocycles. The molecule has 4 heteroatoms. The number of Topliss-reactive ketones (excluding diaryl/α,β-unsaturated/α-hetero) is 1. The van der Waals surface area contributed by atoms with E-state index in [1.54, 1.807) is 18.2 Å². The van der Waals surface area contributed by atoms with Gasteiger partial charge < -0.3 is 9.47 Å². The maximum Gasteiger partial charge on any atom is 0.306 e. The minimum Gasteiger partial charge on any atom is -0.492 e. The number of esters is 1. The molecule has 0 aromatic heterocycles. The minimum atomic E-state index is -0.428. The SMILES string of the molecule is COC(=O)C[C@H]1COc2ccccc2C1=O. The van der Waals surface area contributed by atoms with Gasteiger partial charge in [-0.1, -0.05) is 12.1 Å². The summed E-state index contributed by atoms with van der Waals surface area (Å²) in [5, 5.41) is 0. The zero-order valence-corrected chi connectivity index (χ0v) is 8.93. The van der Waals surface area contributed by atoms with Gasteiger partial charge in [-0.3, -0.25) is 9.59 Å². The van der Waals surface area contributed by atoms with Crippen LogP contribution in [-0.2, 0) is 9.53 Å². The molecule has 2 rings (SSSR count). The summed E-state index contributed by atoms with van der Waals surface area (Å²) in [7, 11) is 1.31. The lowest BCUT2D eigenvalue weighted by Crippen LogP contribution is -2.30. The Bertz CT molecular complexity index is 425. The number of carbonyl (C=O) groups excluding carboxylic acids is 2. The molecule has 84 valence electrons. The first-order chi connectivity index (χ1) is 7.72. The smallest absolute Gasteiger partial charge is 0.306 e. The molecule has 1 aromatic rings. The van der Waals surface area contributed by atoms with Crippen molar-refractivity contribution in [1.82, 2.24) is 0 Å². The van der Waals surface area contributed by atoms with Gasteiger partial charge in [-0.2, -0.15) is 0 Å². The Morgan fingerprint density at radius 2 is 2.25 bits per heavy atom. The summed E-state index contributed by atoms with van der Waals surface area (Å²) in [6, 6.07) is 7.05. The Morgan fingerprint density at radius 3 is 3.00 bits per heavy atom. The molecule has 0 radical (unpaired) electrons. The van der Waals surface area contributed by atoms with E-state index in [1.165, 1.54) is 7.11 Å². The first-order valence-electron chi connectivity index (χ1n) is 5.05. The second kappa shape index (κ2) is 4.35. The number of fused-ring (bicyclic) bond motifs is 1. The van der Waals surface area contributed by atoms with Gasteiger partial charge in [0.1, 0.15) is 5.75 Å². The summed E-state index contributed by atoms with van der Waals surface area (Å²) in [4.78, 5) is 23.1. The van der Waals surface area contributed by atoms with Gasteiger partial charge in [-0.25, -0.2) is 0 Å². The van der Waals surface area contributed by atoms with Gasteiger partial charge in [0, 0.05) is 0 Å². The summed E-state index contributed by atoms with van der Waals surface area (Å²) in [5.74, 6) is -0.274. The van der Waals surface area contributed by atoms with E-state index in [0.717, 1.165) is 0 Å². The van der Waals surface area contributed by atoms with Gasteiger partial charge in [0.2, 0.25) is 0 Å². The number of carbonyl (C=O) groups is 2. The maximum atomic E-state index is 12.0. The number of ketones is 1. The molecule has 1 atom stereocenters. The topological polar surface area (TPSA) is 52.6 Å².